The van der Waals surface area contributed by atoms with Gasteiger partial charge in [0.15, 0.2) is 15.9 Å². The molecule has 2 N–H and O–H groups in total. The molecule has 1 unspecified atom stereocenters. The number of carbonyl (C=O) groups is 1. The van der Waals surface area contributed by atoms with Crippen LogP contribution in [0.4, 0.5) is 0 Å². The lowest BCUT2D eigenvalue weighted by molar-refractivity contribution is -0.929. The molecule has 120 valence electrons. The highest BCUT2D eigenvalue weighted by Crippen LogP contribution is 2.12. The molecule has 1 aromatic rings. The number of benzene rings is 1. The number of hydrogen-bond donors (Lipinski definition) is 2. The summed E-state index contributed by atoms with van der Waals surface area (Å²) in [5, 5.41) is 2.92. The maximum absolute atomic E-state index is 12.4. The number of rotatable bonds is 3. The maximum Gasteiger partial charge on any atom is 0.278 e. The molecule has 0 aromatic heterocycles. The summed E-state index contributed by atoms with van der Waals surface area (Å²) in [4.78, 5) is 13.6. The minimum Gasteiger partial charge on any atom is -0.347 e. The van der Waals surface area contributed by atoms with Crippen LogP contribution >= 0.6 is 0 Å². The van der Waals surface area contributed by atoms with E-state index in [1.54, 1.807) is 0 Å². The average Bonchev–Trinajstić information content (AvgIpc) is 2.84. The second-order valence-corrected chi connectivity index (χ2v) is 8.66. The third kappa shape index (κ3) is 3.33. The van der Waals surface area contributed by atoms with E-state index < -0.39 is 9.84 Å². The van der Waals surface area contributed by atoms with Crippen LogP contribution in [0.5, 0.6) is 0 Å². The van der Waals surface area contributed by atoms with E-state index in [-0.39, 0.29) is 29.5 Å². The van der Waals surface area contributed by atoms with E-state index in [0.717, 1.165) is 19.5 Å². The molecule has 0 spiro atoms. The monoisotopic (exact) mass is 323 g/mol. The zero-order chi connectivity index (χ0) is 15.7. The van der Waals surface area contributed by atoms with Crippen molar-refractivity contribution in [2.24, 2.45) is 0 Å². The van der Waals surface area contributed by atoms with E-state index in [0.29, 0.717) is 6.42 Å². The van der Waals surface area contributed by atoms with Crippen molar-refractivity contribution < 1.29 is 18.1 Å². The fraction of sp³-hybridized carbons (Fsp3) is 0.562. The molecular weight excluding hydrogens is 300 g/mol. The summed E-state index contributed by atoms with van der Waals surface area (Å²) in [7, 11) is -2.95. The molecule has 1 aromatic carbocycles. The summed E-state index contributed by atoms with van der Waals surface area (Å²) in [6.07, 6.45) is 1.53. The van der Waals surface area contributed by atoms with Gasteiger partial charge >= 0.3 is 0 Å². The van der Waals surface area contributed by atoms with Crippen molar-refractivity contribution in [1.29, 1.82) is 0 Å². The largest absolute Gasteiger partial charge is 0.347 e. The van der Waals surface area contributed by atoms with Crippen LogP contribution < -0.4 is 10.2 Å². The molecule has 2 aliphatic rings. The summed E-state index contributed by atoms with van der Waals surface area (Å²) in [6.45, 7) is 3.73. The molecule has 3 atom stereocenters. The molecule has 2 heterocycles. The number of nitrogens with one attached hydrogen (secondary N) is 2. The van der Waals surface area contributed by atoms with Gasteiger partial charge in [-0.05, 0) is 18.9 Å². The molecule has 6 heteroatoms. The molecule has 0 saturated carbocycles. The van der Waals surface area contributed by atoms with Gasteiger partial charge in [0.2, 0.25) is 0 Å². The van der Waals surface area contributed by atoms with Crippen LogP contribution in [0.25, 0.3) is 0 Å². The average molecular weight is 323 g/mol. The van der Waals surface area contributed by atoms with Crippen LogP contribution in [0.1, 0.15) is 24.5 Å². The molecular formula is C16H23N2O3S+. The third-order valence-corrected chi connectivity index (χ3v) is 6.60. The highest BCUT2D eigenvalue weighted by molar-refractivity contribution is 7.91. The van der Waals surface area contributed by atoms with E-state index in [4.69, 9.17) is 0 Å². The Morgan fingerprint density at radius 1 is 1.32 bits per heavy atom. The predicted molar refractivity (Wildman–Crippen MR) is 84.3 cm³/mol. The Morgan fingerprint density at radius 2 is 2.05 bits per heavy atom. The Morgan fingerprint density at radius 3 is 2.73 bits per heavy atom. The Kier molecular flexibility index (Phi) is 4.23. The molecule has 1 saturated heterocycles. The van der Waals surface area contributed by atoms with Crippen molar-refractivity contribution in [1.82, 2.24) is 5.32 Å². The van der Waals surface area contributed by atoms with Crippen molar-refractivity contribution >= 4 is 15.7 Å². The molecule has 5 nitrogen and oxygen atoms in total. The Hall–Kier alpha value is -1.40. The second kappa shape index (κ2) is 6.01. The first-order valence-corrected chi connectivity index (χ1v) is 9.69. The minimum atomic E-state index is -2.95. The Balaban J connectivity index is 1.60. The third-order valence-electron chi connectivity index (χ3n) is 4.84. The fourth-order valence-corrected chi connectivity index (χ4v) is 5.07. The molecule has 1 amide bonds. The van der Waals surface area contributed by atoms with Crippen LogP contribution in [0, 0.1) is 0 Å². The highest BCUT2D eigenvalue weighted by Gasteiger charge is 2.33. The normalized spacial score (nSPS) is 27.9. The van der Waals surface area contributed by atoms with Gasteiger partial charge in [0, 0.05) is 18.0 Å². The molecule has 22 heavy (non-hydrogen) atoms. The van der Waals surface area contributed by atoms with Crippen molar-refractivity contribution in [3.05, 3.63) is 35.4 Å². The van der Waals surface area contributed by atoms with Gasteiger partial charge in [0.1, 0.15) is 6.54 Å². The van der Waals surface area contributed by atoms with Crippen molar-refractivity contribution in [3.63, 3.8) is 0 Å². The first kappa shape index (κ1) is 15.5. The Bertz CT molecular complexity index is 672. The van der Waals surface area contributed by atoms with Crippen molar-refractivity contribution in [3.8, 4) is 0 Å². The van der Waals surface area contributed by atoms with Gasteiger partial charge in [0.25, 0.3) is 5.91 Å². The zero-order valence-corrected chi connectivity index (χ0v) is 13.7. The number of fused-ring (bicyclic) bond motifs is 1. The fourth-order valence-electron chi connectivity index (χ4n) is 3.39. The number of hydrogen-bond acceptors (Lipinski definition) is 3. The van der Waals surface area contributed by atoms with Crippen LogP contribution in [0.3, 0.4) is 0 Å². The zero-order valence-electron chi connectivity index (χ0n) is 12.8. The molecule has 0 radical (unpaired) electrons. The topological polar surface area (TPSA) is 67.7 Å². The van der Waals surface area contributed by atoms with E-state index in [2.05, 4.69) is 23.5 Å². The summed E-state index contributed by atoms with van der Waals surface area (Å²) in [5.74, 6) is 0.247. The number of quaternary nitrogens is 1. The summed E-state index contributed by atoms with van der Waals surface area (Å²) >= 11 is 0. The van der Waals surface area contributed by atoms with Gasteiger partial charge < -0.3 is 10.2 Å². The SMILES string of the molecule is C[C@H](C(=O)N[C@H]1CCS(=O)(=O)C1)[NH+]1CCc2ccccc2C1. The molecule has 2 aliphatic heterocycles. The first-order chi connectivity index (χ1) is 10.4. The van der Waals surface area contributed by atoms with E-state index in [1.165, 1.54) is 16.0 Å². The predicted octanol–water partition coefficient (Wildman–Crippen LogP) is -0.681. The smallest absolute Gasteiger partial charge is 0.278 e. The van der Waals surface area contributed by atoms with Gasteiger partial charge in [-0.3, -0.25) is 4.79 Å². The summed E-state index contributed by atoms with van der Waals surface area (Å²) < 4.78 is 22.9. The van der Waals surface area contributed by atoms with E-state index in [1.807, 2.05) is 13.0 Å². The lowest BCUT2D eigenvalue weighted by Gasteiger charge is -2.30. The quantitative estimate of drug-likeness (QED) is 0.774. The van der Waals surface area contributed by atoms with Crippen LogP contribution in [-0.4, -0.2) is 44.5 Å². The van der Waals surface area contributed by atoms with Gasteiger partial charge in [-0.25, -0.2) is 8.42 Å². The van der Waals surface area contributed by atoms with Gasteiger partial charge in [-0.2, -0.15) is 0 Å². The Labute approximate surface area is 131 Å². The number of carbonyl (C=O) groups excluding carboxylic acids is 1. The second-order valence-electron chi connectivity index (χ2n) is 6.43. The van der Waals surface area contributed by atoms with Crippen LogP contribution in [-0.2, 0) is 27.6 Å². The lowest BCUT2D eigenvalue weighted by Crippen LogP contribution is -3.16. The molecule has 1 fully saturated rings. The maximum atomic E-state index is 12.4. The number of sulfone groups is 1. The van der Waals surface area contributed by atoms with E-state index >= 15 is 0 Å². The number of amides is 1. The molecule has 0 bridgehead atoms. The van der Waals surface area contributed by atoms with Crippen molar-refractivity contribution in [2.45, 2.75) is 38.4 Å². The van der Waals surface area contributed by atoms with E-state index in [9.17, 15) is 13.2 Å². The van der Waals surface area contributed by atoms with Crippen LogP contribution in [0.15, 0.2) is 24.3 Å². The molecule has 3 rings (SSSR count). The van der Waals surface area contributed by atoms with Crippen LogP contribution in [0.2, 0.25) is 0 Å². The lowest BCUT2D eigenvalue weighted by atomic mass is 9.98. The summed E-state index contributed by atoms with van der Waals surface area (Å²) in [5.41, 5.74) is 2.69. The minimum absolute atomic E-state index is 0.0310. The highest BCUT2D eigenvalue weighted by atomic mass is 32.2. The van der Waals surface area contributed by atoms with Gasteiger partial charge in [0.05, 0.1) is 18.1 Å². The summed E-state index contributed by atoms with van der Waals surface area (Å²) in [6, 6.07) is 8.01. The van der Waals surface area contributed by atoms with Gasteiger partial charge in [-0.15, -0.1) is 0 Å². The van der Waals surface area contributed by atoms with Gasteiger partial charge in [-0.1, -0.05) is 24.3 Å². The van der Waals surface area contributed by atoms with Crippen molar-refractivity contribution in [2.75, 3.05) is 18.1 Å². The molecule has 0 aliphatic carbocycles. The standard InChI is InChI=1S/C16H22N2O3S/c1-12(16(19)17-15-7-9-22(20,21)11-15)18-8-6-13-4-2-3-5-14(13)10-18/h2-5,12,15H,6-11H2,1H3,(H,17,19)/p+1/t12-,15+/m1/s1. The first-order valence-electron chi connectivity index (χ1n) is 7.87.